The lowest BCUT2D eigenvalue weighted by molar-refractivity contribution is 0.590. The van der Waals surface area contributed by atoms with Crippen molar-refractivity contribution in [3.8, 4) is 10.6 Å². The Bertz CT molecular complexity index is 872. The fourth-order valence-electron chi connectivity index (χ4n) is 2.02. The second-order valence-corrected chi connectivity index (χ2v) is 10.2. The van der Waals surface area contributed by atoms with E-state index in [0.29, 0.717) is 10.6 Å². The Morgan fingerprint density at radius 3 is 2.35 bits per heavy atom. The van der Waals surface area contributed by atoms with Gasteiger partial charge in [-0.3, -0.25) is 0 Å². The van der Waals surface area contributed by atoms with Gasteiger partial charge in [-0.2, -0.15) is 0 Å². The van der Waals surface area contributed by atoms with Crippen molar-refractivity contribution in [2.75, 3.05) is 11.5 Å². The monoisotopic (exact) mass is 374 g/mol. The largest absolute Gasteiger partial charge is 0.241 e. The van der Waals surface area contributed by atoms with E-state index in [2.05, 4.69) is 4.98 Å². The summed E-state index contributed by atoms with van der Waals surface area (Å²) in [7, 11) is -7.03. The summed E-state index contributed by atoms with van der Waals surface area (Å²) in [5.74, 6) is -0.668. The maximum atomic E-state index is 12.1. The summed E-state index contributed by atoms with van der Waals surface area (Å²) in [4.78, 5) is 5.10. The van der Waals surface area contributed by atoms with Crippen molar-refractivity contribution in [2.24, 2.45) is 5.14 Å². The number of sulfone groups is 1. The molecule has 126 valence electrons. The van der Waals surface area contributed by atoms with Crippen molar-refractivity contribution < 1.29 is 16.8 Å². The molecule has 1 heterocycles. The Labute approximate surface area is 140 Å². The molecule has 0 unspecified atom stereocenters. The molecule has 2 N–H and O–H groups in total. The minimum absolute atomic E-state index is 0.00452. The summed E-state index contributed by atoms with van der Waals surface area (Å²) < 4.78 is 46.0. The van der Waals surface area contributed by atoms with Crippen molar-refractivity contribution in [2.45, 2.75) is 19.1 Å². The van der Waals surface area contributed by atoms with Crippen LogP contribution in [0, 0.1) is 6.92 Å². The third-order valence-corrected chi connectivity index (χ3v) is 7.03. The first kappa shape index (κ1) is 18.1. The fraction of sp³-hybridized carbons (Fsp3) is 0.357. The normalized spacial score (nSPS) is 12.4. The van der Waals surface area contributed by atoms with E-state index in [1.807, 2.05) is 30.3 Å². The first-order chi connectivity index (χ1) is 10.7. The molecule has 9 heteroatoms. The van der Waals surface area contributed by atoms with Gasteiger partial charge < -0.3 is 0 Å². The van der Waals surface area contributed by atoms with Crippen molar-refractivity contribution in [1.29, 1.82) is 0 Å². The molecule has 0 bridgehead atoms. The lowest BCUT2D eigenvalue weighted by atomic mass is 10.2. The molecule has 2 aromatic rings. The molecule has 0 radical (unpaired) electrons. The average molecular weight is 375 g/mol. The van der Waals surface area contributed by atoms with Gasteiger partial charge in [-0.25, -0.2) is 27.0 Å². The van der Waals surface area contributed by atoms with Crippen LogP contribution in [0.15, 0.2) is 30.3 Å². The third-order valence-electron chi connectivity index (χ3n) is 3.15. The second kappa shape index (κ2) is 7.08. The molecule has 1 aromatic carbocycles. The minimum atomic E-state index is -3.63. The number of rotatable bonds is 7. The molecule has 0 aliphatic rings. The number of hydrogen-bond acceptors (Lipinski definition) is 6. The first-order valence-electron chi connectivity index (χ1n) is 6.89. The summed E-state index contributed by atoms with van der Waals surface area (Å²) in [5, 5.41) is 5.65. The molecule has 0 spiro atoms. The fourth-order valence-corrected chi connectivity index (χ4v) is 5.72. The van der Waals surface area contributed by atoms with Gasteiger partial charge in [0.25, 0.3) is 0 Å². The molecule has 23 heavy (non-hydrogen) atoms. The molecule has 0 fully saturated rings. The molecule has 0 aliphatic carbocycles. The average Bonchev–Trinajstić information content (AvgIpc) is 2.79. The topological polar surface area (TPSA) is 107 Å². The van der Waals surface area contributed by atoms with Crippen LogP contribution in [0.25, 0.3) is 10.6 Å². The van der Waals surface area contributed by atoms with Crippen molar-refractivity contribution in [3.05, 3.63) is 40.9 Å². The van der Waals surface area contributed by atoms with Crippen LogP contribution in [-0.4, -0.2) is 33.3 Å². The van der Waals surface area contributed by atoms with Gasteiger partial charge in [0.15, 0.2) is 9.84 Å². The highest BCUT2D eigenvalue weighted by Crippen LogP contribution is 2.29. The van der Waals surface area contributed by atoms with Crippen LogP contribution in [0.4, 0.5) is 0 Å². The van der Waals surface area contributed by atoms with Crippen LogP contribution in [-0.2, 0) is 25.6 Å². The summed E-state index contributed by atoms with van der Waals surface area (Å²) in [6.07, 6.45) is 0.00452. The van der Waals surface area contributed by atoms with Gasteiger partial charge in [0.2, 0.25) is 10.0 Å². The molecule has 0 atom stereocenters. The lowest BCUT2D eigenvalue weighted by Gasteiger charge is -2.02. The van der Waals surface area contributed by atoms with E-state index in [4.69, 9.17) is 5.14 Å². The SMILES string of the molecule is Cc1nc(-c2ccccc2)sc1CS(=O)(=O)CCCS(N)(=O)=O. The summed E-state index contributed by atoms with van der Waals surface area (Å²) in [5.41, 5.74) is 1.63. The van der Waals surface area contributed by atoms with Crippen LogP contribution in [0.3, 0.4) is 0 Å². The Balaban J connectivity index is 2.09. The lowest BCUT2D eigenvalue weighted by Crippen LogP contribution is -2.19. The Hall–Kier alpha value is -1.29. The van der Waals surface area contributed by atoms with Crippen LogP contribution in [0.1, 0.15) is 17.0 Å². The zero-order valence-electron chi connectivity index (χ0n) is 12.6. The standard InChI is InChI=1S/C14H18N2O4S3/c1-11-13(10-22(17,18)8-5-9-23(15,19)20)21-14(16-11)12-6-3-2-4-7-12/h2-4,6-7H,5,8-10H2,1H3,(H2,15,19,20). The predicted octanol–water partition coefficient (Wildman–Crippen LogP) is 1.71. The second-order valence-electron chi connectivity index (χ2n) is 5.21. The van der Waals surface area contributed by atoms with E-state index in [-0.39, 0.29) is 23.7 Å². The van der Waals surface area contributed by atoms with E-state index in [9.17, 15) is 16.8 Å². The molecule has 0 saturated heterocycles. The maximum absolute atomic E-state index is 12.1. The molecule has 6 nitrogen and oxygen atoms in total. The number of nitrogens with zero attached hydrogens (tertiary/aromatic N) is 1. The van der Waals surface area contributed by atoms with Crippen molar-refractivity contribution >= 4 is 31.2 Å². The molecular formula is C14H18N2O4S3. The number of hydrogen-bond donors (Lipinski definition) is 1. The molecule has 0 amide bonds. The summed E-state index contributed by atoms with van der Waals surface area (Å²) >= 11 is 1.35. The van der Waals surface area contributed by atoms with Gasteiger partial charge in [0, 0.05) is 10.4 Å². The van der Waals surface area contributed by atoms with Crippen molar-refractivity contribution in [1.82, 2.24) is 4.98 Å². The molecule has 0 saturated carbocycles. The van der Waals surface area contributed by atoms with E-state index in [1.165, 1.54) is 11.3 Å². The minimum Gasteiger partial charge on any atom is -0.241 e. The molecule has 2 rings (SSSR count). The van der Waals surface area contributed by atoms with E-state index in [0.717, 1.165) is 10.6 Å². The Morgan fingerprint density at radius 2 is 1.74 bits per heavy atom. The zero-order chi connectivity index (χ0) is 17.1. The quantitative estimate of drug-likeness (QED) is 0.794. The number of nitrogens with two attached hydrogens (primary N) is 1. The number of thiazole rings is 1. The highest BCUT2D eigenvalue weighted by atomic mass is 32.2. The van der Waals surface area contributed by atoms with E-state index < -0.39 is 19.9 Å². The number of aromatic nitrogens is 1. The third kappa shape index (κ3) is 5.69. The number of primary sulfonamides is 1. The van der Waals surface area contributed by atoms with Gasteiger partial charge in [0.05, 0.1) is 23.0 Å². The molecular weight excluding hydrogens is 356 g/mol. The van der Waals surface area contributed by atoms with Crippen LogP contribution < -0.4 is 5.14 Å². The molecule has 1 aromatic heterocycles. The van der Waals surface area contributed by atoms with E-state index in [1.54, 1.807) is 6.92 Å². The van der Waals surface area contributed by atoms with Crippen LogP contribution in [0.5, 0.6) is 0 Å². The number of sulfonamides is 1. The summed E-state index contributed by atoms with van der Waals surface area (Å²) in [6, 6.07) is 9.54. The highest BCUT2D eigenvalue weighted by Gasteiger charge is 2.18. The number of benzene rings is 1. The Morgan fingerprint density at radius 1 is 1.09 bits per heavy atom. The smallest absolute Gasteiger partial charge is 0.209 e. The predicted molar refractivity (Wildman–Crippen MR) is 92.4 cm³/mol. The Kier molecular flexibility index (Phi) is 5.56. The zero-order valence-corrected chi connectivity index (χ0v) is 15.0. The van der Waals surface area contributed by atoms with E-state index >= 15 is 0 Å². The van der Waals surface area contributed by atoms with Crippen LogP contribution in [0.2, 0.25) is 0 Å². The van der Waals surface area contributed by atoms with Gasteiger partial charge in [-0.05, 0) is 13.3 Å². The van der Waals surface area contributed by atoms with Gasteiger partial charge in [-0.15, -0.1) is 11.3 Å². The maximum Gasteiger partial charge on any atom is 0.209 e. The van der Waals surface area contributed by atoms with Crippen molar-refractivity contribution in [3.63, 3.8) is 0 Å². The molecule has 0 aliphatic heterocycles. The van der Waals surface area contributed by atoms with Gasteiger partial charge in [-0.1, -0.05) is 30.3 Å². The van der Waals surface area contributed by atoms with Crippen LogP contribution >= 0.6 is 11.3 Å². The first-order valence-corrected chi connectivity index (χ1v) is 11.2. The van der Waals surface area contributed by atoms with Gasteiger partial charge >= 0.3 is 0 Å². The van der Waals surface area contributed by atoms with Gasteiger partial charge in [0.1, 0.15) is 5.01 Å². The highest BCUT2D eigenvalue weighted by molar-refractivity contribution is 7.91. The number of aryl methyl sites for hydroxylation is 1. The summed E-state index contributed by atoms with van der Waals surface area (Å²) in [6.45, 7) is 1.78.